The Morgan fingerprint density at radius 2 is 1.94 bits per heavy atom. The third kappa shape index (κ3) is 4.02. The van der Waals surface area contributed by atoms with Crippen molar-refractivity contribution in [3.63, 3.8) is 0 Å². The number of anilines is 1. The van der Waals surface area contributed by atoms with Gasteiger partial charge in [0.1, 0.15) is 0 Å². The van der Waals surface area contributed by atoms with Gasteiger partial charge < -0.3 is 15.7 Å². The largest absolute Gasteiger partial charge is 0.394 e. The fourth-order valence-corrected chi connectivity index (χ4v) is 2.21. The van der Waals surface area contributed by atoms with E-state index in [2.05, 4.69) is 26.6 Å². The van der Waals surface area contributed by atoms with E-state index in [0.29, 0.717) is 0 Å². The second-order valence-electron chi connectivity index (χ2n) is 4.10. The summed E-state index contributed by atoms with van der Waals surface area (Å²) in [6.07, 6.45) is 0. The van der Waals surface area contributed by atoms with E-state index in [4.69, 9.17) is 5.11 Å². The summed E-state index contributed by atoms with van der Waals surface area (Å²) in [5.74, 6) is 0. The molecule has 0 saturated heterocycles. The summed E-state index contributed by atoms with van der Waals surface area (Å²) in [5, 5.41) is 14.3. The molecule has 3 N–H and O–H groups in total. The molecule has 1 rings (SSSR count). The van der Waals surface area contributed by atoms with Crippen LogP contribution in [0.4, 0.5) is 10.5 Å². The van der Waals surface area contributed by atoms with Crippen LogP contribution >= 0.6 is 15.9 Å². The fourth-order valence-electron chi connectivity index (χ4n) is 1.53. The van der Waals surface area contributed by atoms with Crippen molar-refractivity contribution in [3.8, 4) is 0 Å². The minimum atomic E-state index is -0.305. The van der Waals surface area contributed by atoms with E-state index in [1.165, 1.54) is 0 Å². The molecule has 4 nitrogen and oxygen atoms in total. The van der Waals surface area contributed by atoms with E-state index in [9.17, 15) is 4.79 Å². The monoisotopic (exact) mass is 300 g/mol. The number of halogens is 1. The molecule has 1 aromatic carbocycles. The lowest BCUT2D eigenvalue weighted by molar-refractivity contribution is 0.229. The summed E-state index contributed by atoms with van der Waals surface area (Å²) in [6.45, 7) is 5.53. The van der Waals surface area contributed by atoms with Gasteiger partial charge in [0.15, 0.2) is 0 Å². The molecule has 0 saturated carbocycles. The summed E-state index contributed by atoms with van der Waals surface area (Å²) in [5.41, 5.74) is 2.78. The van der Waals surface area contributed by atoms with Gasteiger partial charge in [-0.25, -0.2) is 4.79 Å². The Kier molecular flexibility index (Phi) is 4.96. The Bertz CT molecular complexity index is 398. The number of aliphatic hydroxyl groups is 1. The zero-order chi connectivity index (χ0) is 13.0. The van der Waals surface area contributed by atoms with Gasteiger partial charge in [-0.1, -0.05) is 15.9 Å². The van der Waals surface area contributed by atoms with Crippen molar-refractivity contribution in [2.75, 3.05) is 11.9 Å². The molecule has 94 valence electrons. The Balaban J connectivity index is 2.78. The van der Waals surface area contributed by atoms with Crippen molar-refractivity contribution >= 4 is 27.6 Å². The number of carbonyl (C=O) groups is 1. The molecule has 0 fully saturated rings. The molecule has 5 heteroatoms. The molecule has 0 spiro atoms. The zero-order valence-electron chi connectivity index (χ0n) is 10.2. The van der Waals surface area contributed by atoms with Gasteiger partial charge in [0.2, 0.25) is 0 Å². The maximum Gasteiger partial charge on any atom is 0.319 e. The molecule has 0 unspecified atom stereocenters. The predicted molar refractivity (Wildman–Crippen MR) is 72.3 cm³/mol. The average Bonchev–Trinajstić information content (AvgIpc) is 2.23. The van der Waals surface area contributed by atoms with E-state index in [-0.39, 0.29) is 18.7 Å². The van der Waals surface area contributed by atoms with E-state index in [0.717, 1.165) is 21.3 Å². The molecule has 0 aromatic heterocycles. The quantitative estimate of drug-likeness (QED) is 0.803. The van der Waals surface area contributed by atoms with Gasteiger partial charge in [-0.2, -0.15) is 0 Å². The molecule has 0 aliphatic heterocycles. The topological polar surface area (TPSA) is 61.4 Å². The molecule has 0 radical (unpaired) electrons. The fraction of sp³-hybridized carbons (Fsp3) is 0.417. The standard InChI is InChI=1S/C12H17BrN2O2/c1-7-4-10(13)5-8(2)11(7)15-12(17)14-9(3)6-16/h4-5,9,16H,6H2,1-3H3,(H2,14,15,17)/t9-/m1/s1. The molecule has 0 aliphatic carbocycles. The highest BCUT2D eigenvalue weighted by molar-refractivity contribution is 9.10. The molecular weight excluding hydrogens is 284 g/mol. The number of benzene rings is 1. The van der Waals surface area contributed by atoms with E-state index in [1.807, 2.05) is 26.0 Å². The van der Waals surface area contributed by atoms with Crippen LogP contribution in [-0.4, -0.2) is 23.8 Å². The first-order valence-electron chi connectivity index (χ1n) is 5.39. The Morgan fingerprint density at radius 1 is 1.41 bits per heavy atom. The van der Waals surface area contributed by atoms with E-state index >= 15 is 0 Å². The van der Waals surface area contributed by atoms with Gasteiger partial charge in [-0.3, -0.25) is 0 Å². The smallest absolute Gasteiger partial charge is 0.319 e. The first kappa shape index (κ1) is 14.0. The van der Waals surface area contributed by atoms with Gasteiger partial charge in [-0.15, -0.1) is 0 Å². The van der Waals surface area contributed by atoms with Crippen LogP contribution in [0.2, 0.25) is 0 Å². The van der Waals surface area contributed by atoms with Crippen molar-refractivity contribution < 1.29 is 9.90 Å². The van der Waals surface area contributed by atoms with Crippen LogP contribution in [0.15, 0.2) is 16.6 Å². The molecule has 0 bridgehead atoms. The van der Waals surface area contributed by atoms with Crippen LogP contribution in [0.1, 0.15) is 18.1 Å². The van der Waals surface area contributed by atoms with E-state index < -0.39 is 0 Å². The summed E-state index contributed by atoms with van der Waals surface area (Å²) < 4.78 is 0.988. The number of rotatable bonds is 3. The zero-order valence-corrected chi connectivity index (χ0v) is 11.8. The minimum Gasteiger partial charge on any atom is -0.394 e. The maximum atomic E-state index is 11.6. The molecular formula is C12H17BrN2O2. The van der Waals surface area contributed by atoms with E-state index in [1.54, 1.807) is 6.92 Å². The van der Waals surface area contributed by atoms with Crippen LogP contribution in [-0.2, 0) is 0 Å². The van der Waals surface area contributed by atoms with Gasteiger partial charge >= 0.3 is 6.03 Å². The minimum absolute atomic E-state index is 0.0777. The normalized spacial score (nSPS) is 12.1. The predicted octanol–water partition coefficient (Wildman–Crippen LogP) is 2.57. The highest BCUT2D eigenvalue weighted by atomic mass is 79.9. The number of aryl methyl sites for hydroxylation is 2. The lowest BCUT2D eigenvalue weighted by Gasteiger charge is -2.15. The van der Waals surface area contributed by atoms with Crippen molar-refractivity contribution in [1.82, 2.24) is 5.32 Å². The van der Waals surface area contributed by atoms with Crippen LogP contribution in [0.25, 0.3) is 0 Å². The number of carbonyl (C=O) groups excluding carboxylic acids is 1. The summed E-state index contributed by atoms with van der Waals surface area (Å²) in [4.78, 5) is 11.6. The number of urea groups is 1. The lowest BCUT2D eigenvalue weighted by Crippen LogP contribution is -2.38. The van der Waals surface area contributed by atoms with Crippen molar-refractivity contribution in [3.05, 3.63) is 27.7 Å². The highest BCUT2D eigenvalue weighted by Crippen LogP contribution is 2.24. The van der Waals surface area contributed by atoms with Crippen molar-refractivity contribution in [1.29, 1.82) is 0 Å². The van der Waals surface area contributed by atoms with Crippen molar-refractivity contribution in [2.45, 2.75) is 26.8 Å². The van der Waals surface area contributed by atoms with Gasteiger partial charge in [0.25, 0.3) is 0 Å². The molecule has 0 aliphatic rings. The first-order valence-corrected chi connectivity index (χ1v) is 6.18. The van der Waals surface area contributed by atoms with Crippen LogP contribution in [0.3, 0.4) is 0 Å². The number of hydrogen-bond acceptors (Lipinski definition) is 2. The second kappa shape index (κ2) is 6.02. The average molecular weight is 301 g/mol. The number of amides is 2. The maximum absolute atomic E-state index is 11.6. The first-order chi connectivity index (χ1) is 7.93. The van der Waals surface area contributed by atoms with Crippen LogP contribution < -0.4 is 10.6 Å². The SMILES string of the molecule is Cc1cc(Br)cc(C)c1NC(=O)N[C@H](C)CO. The van der Waals surface area contributed by atoms with Gasteiger partial charge in [-0.05, 0) is 44.0 Å². The van der Waals surface area contributed by atoms with Crippen molar-refractivity contribution in [2.24, 2.45) is 0 Å². The third-order valence-corrected chi connectivity index (χ3v) is 2.85. The summed E-state index contributed by atoms with van der Waals surface area (Å²) in [7, 11) is 0. The highest BCUT2D eigenvalue weighted by Gasteiger charge is 2.10. The molecule has 2 amide bonds. The molecule has 1 aromatic rings. The van der Waals surface area contributed by atoms with Crippen LogP contribution in [0.5, 0.6) is 0 Å². The number of nitrogens with one attached hydrogen (secondary N) is 2. The molecule has 0 heterocycles. The van der Waals surface area contributed by atoms with Gasteiger partial charge in [0.05, 0.1) is 12.6 Å². The third-order valence-electron chi connectivity index (χ3n) is 2.39. The summed E-state index contributed by atoms with van der Waals surface area (Å²) >= 11 is 3.40. The molecule has 1 atom stereocenters. The lowest BCUT2D eigenvalue weighted by atomic mass is 10.1. The Morgan fingerprint density at radius 3 is 2.41 bits per heavy atom. The molecule has 17 heavy (non-hydrogen) atoms. The summed E-state index contributed by atoms with van der Waals surface area (Å²) in [6, 6.07) is 3.32. The number of hydrogen-bond donors (Lipinski definition) is 3. The van der Waals surface area contributed by atoms with Crippen LogP contribution in [0, 0.1) is 13.8 Å². The van der Waals surface area contributed by atoms with Gasteiger partial charge in [0, 0.05) is 10.2 Å². The Labute approximate surface area is 110 Å². The number of aliphatic hydroxyl groups excluding tert-OH is 1. The Hall–Kier alpha value is -1.07. The second-order valence-corrected chi connectivity index (χ2v) is 5.01.